The van der Waals surface area contributed by atoms with Crippen molar-refractivity contribution in [1.29, 1.82) is 0 Å². The molecule has 0 bridgehead atoms. The molecule has 0 spiro atoms. The maximum Gasteiger partial charge on any atom is -1.00 e. The van der Waals surface area contributed by atoms with Crippen LogP contribution in [0.3, 0.4) is 0 Å². The molecule has 56 valence electrons. The van der Waals surface area contributed by atoms with Gasteiger partial charge in [0.05, 0.1) is 0 Å². The second-order valence-corrected chi connectivity index (χ2v) is 3.59. The molecule has 0 aliphatic rings. The molecule has 0 aliphatic heterocycles. The van der Waals surface area contributed by atoms with Crippen LogP contribution in [0.2, 0.25) is 0 Å². The Kier molecular flexibility index (Phi) is 4.26. The zero-order valence-corrected chi connectivity index (χ0v) is 9.93. The maximum absolute atomic E-state index is 12.2. The Labute approximate surface area is 82.2 Å². The zero-order chi connectivity index (χ0) is 7.72. The topological polar surface area (TPSA) is 0 Å². The van der Waals surface area contributed by atoms with Crippen LogP contribution in [0.25, 0.3) is 0 Å². The van der Waals surface area contributed by atoms with Crippen LogP contribution in [-0.4, -0.2) is 0 Å². The summed E-state index contributed by atoms with van der Waals surface area (Å²) in [5.41, 5.74) is 0. The summed E-state index contributed by atoms with van der Waals surface area (Å²) in [5, 5.41) is 0. The first-order valence-electron chi connectivity index (χ1n) is 2.58. The molecule has 0 N–H and O–H groups in total. The van der Waals surface area contributed by atoms with E-state index in [0.717, 1.165) is 12.1 Å². The van der Waals surface area contributed by atoms with Gasteiger partial charge >= 0.3 is 65.2 Å². The third kappa shape index (κ3) is 2.56. The molecule has 11 heavy (non-hydrogen) atoms. The van der Waals surface area contributed by atoms with Gasteiger partial charge in [-0.1, -0.05) is 0 Å². The first-order chi connectivity index (χ1) is 4.61. The molecule has 0 unspecified atom stereocenters. The van der Waals surface area contributed by atoms with Crippen molar-refractivity contribution in [3.8, 4) is 0 Å². The first kappa shape index (κ1) is 11.1. The predicted octanol–water partition coefficient (Wildman–Crippen LogP) is -1.72. The van der Waals surface area contributed by atoms with E-state index in [1.807, 2.05) is 0 Å². The fourth-order valence-electron chi connectivity index (χ4n) is 0.608. The summed E-state index contributed by atoms with van der Waals surface area (Å²) in [7, 11) is 0. The predicted molar refractivity (Wildman–Crippen MR) is 25.9 cm³/mol. The van der Waals surface area contributed by atoms with Gasteiger partial charge in [0.1, 0.15) is 0 Å². The van der Waals surface area contributed by atoms with Crippen molar-refractivity contribution in [2.24, 2.45) is 0 Å². The summed E-state index contributed by atoms with van der Waals surface area (Å²) >= 11 is 0.619. The molecular weight excluding hydrogens is 274 g/mol. The van der Waals surface area contributed by atoms with Gasteiger partial charge in [-0.3, -0.25) is 0 Å². The maximum atomic E-state index is 12.2. The molecule has 0 nitrogen and oxygen atoms in total. The van der Waals surface area contributed by atoms with Crippen molar-refractivity contribution in [3.63, 3.8) is 0 Å². The largest absolute Gasteiger partial charge is 1.00 e. The summed E-state index contributed by atoms with van der Waals surface area (Å²) in [5.74, 6) is -3.61. The van der Waals surface area contributed by atoms with Crippen molar-refractivity contribution < 1.29 is 48.5 Å². The molecule has 0 radical (unpaired) electrons. The van der Waals surface area contributed by atoms with Crippen LogP contribution in [0.1, 0.15) is 0 Å². The molecular formula is C6H2BrF3Zn. The van der Waals surface area contributed by atoms with Gasteiger partial charge in [-0.15, -0.1) is 0 Å². The van der Waals surface area contributed by atoms with Crippen LogP contribution < -0.4 is 21.1 Å². The smallest absolute Gasteiger partial charge is 1.00 e. The van der Waals surface area contributed by atoms with Gasteiger partial charge in [-0.05, 0) is 0 Å². The van der Waals surface area contributed by atoms with Gasteiger partial charge in [0.2, 0.25) is 0 Å². The molecule has 1 aromatic rings. The minimum absolute atomic E-state index is 0. The van der Waals surface area contributed by atoms with E-state index in [4.69, 9.17) is 0 Å². The molecule has 0 saturated heterocycles. The van der Waals surface area contributed by atoms with Gasteiger partial charge in [-0.2, -0.15) is 0 Å². The summed E-state index contributed by atoms with van der Waals surface area (Å²) in [6.07, 6.45) is 0. The van der Waals surface area contributed by atoms with Crippen molar-refractivity contribution in [2.75, 3.05) is 0 Å². The van der Waals surface area contributed by atoms with E-state index in [9.17, 15) is 13.2 Å². The van der Waals surface area contributed by atoms with Gasteiger partial charge < -0.3 is 17.0 Å². The summed E-state index contributed by atoms with van der Waals surface area (Å²) in [6, 6.07) is 2.00. The average molecular weight is 276 g/mol. The summed E-state index contributed by atoms with van der Waals surface area (Å²) in [4.78, 5) is 0. The molecule has 0 aromatic heterocycles. The van der Waals surface area contributed by atoms with Crippen LogP contribution in [0.5, 0.6) is 0 Å². The van der Waals surface area contributed by atoms with E-state index < -0.39 is 17.5 Å². The quantitative estimate of drug-likeness (QED) is 0.391. The molecule has 0 aliphatic carbocycles. The molecule has 0 saturated carbocycles. The van der Waals surface area contributed by atoms with Crippen molar-refractivity contribution in [2.45, 2.75) is 0 Å². The van der Waals surface area contributed by atoms with Crippen LogP contribution in [0.15, 0.2) is 12.1 Å². The minimum Gasteiger partial charge on any atom is -1.00 e. The average Bonchev–Trinajstić information content (AvgIpc) is 1.82. The Morgan fingerprint density at radius 3 is 1.73 bits per heavy atom. The van der Waals surface area contributed by atoms with Crippen LogP contribution in [-0.2, 0) is 18.3 Å². The molecule has 0 heterocycles. The second kappa shape index (κ2) is 4.22. The fourth-order valence-corrected chi connectivity index (χ4v) is 1.36. The Morgan fingerprint density at radius 2 is 1.36 bits per heavy atom. The standard InChI is InChI=1S/C6H2F3.BrH.Zn/c7-4-2-1-3-5(8)6(4)9;;/h2-3H;1H;/q;;+1/p-1. The van der Waals surface area contributed by atoms with Gasteiger partial charge in [0, 0.05) is 0 Å². The molecule has 0 amide bonds. The monoisotopic (exact) mass is 274 g/mol. The normalized spacial score (nSPS) is 9.18. The van der Waals surface area contributed by atoms with Gasteiger partial charge in [-0.25, -0.2) is 0 Å². The van der Waals surface area contributed by atoms with E-state index >= 15 is 0 Å². The number of rotatable bonds is 0. The Morgan fingerprint density at radius 1 is 1.00 bits per heavy atom. The summed E-state index contributed by atoms with van der Waals surface area (Å²) in [6.45, 7) is 0. The van der Waals surface area contributed by atoms with E-state index in [2.05, 4.69) is 0 Å². The molecule has 0 fully saturated rings. The molecule has 1 aromatic carbocycles. The van der Waals surface area contributed by atoms with Crippen molar-refractivity contribution >= 4 is 4.16 Å². The number of benzene rings is 1. The number of halogens is 4. The molecule has 0 atom stereocenters. The fraction of sp³-hybridized carbons (Fsp3) is 0. The Balaban J connectivity index is 0.000001000. The molecule has 1 rings (SSSR count). The van der Waals surface area contributed by atoms with Crippen molar-refractivity contribution in [3.05, 3.63) is 29.6 Å². The summed E-state index contributed by atoms with van der Waals surface area (Å²) < 4.78 is 37.2. The second-order valence-electron chi connectivity index (χ2n) is 1.87. The minimum atomic E-state index is -1.39. The van der Waals surface area contributed by atoms with Crippen LogP contribution >= 0.6 is 0 Å². The van der Waals surface area contributed by atoms with E-state index in [-0.39, 0.29) is 17.0 Å². The van der Waals surface area contributed by atoms with E-state index in [1.165, 1.54) is 0 Å². The SMILES string of the molecule is Fc1c[c]([Zn+])cc(F)c1F.[Br-]. The zero-order valence-electron chi connectivity index (χ0n) is 5.37. The van der Waals surface area contributed by atoms with Crippen LogP contribution in [0, 0.1) is 17.5 Å². The van der Waals surface area contributed by atoms with Gasteiger partial charge in [0.25, 0.3) is 0 Å². The van der Waals surface area contributed by atoms with Crippen LogP contribution in [0.4, 0.5) is 13.2 Å². The third-order valence-electron chi connectivity index (χ3n) is 1.04. The first-order valence-corrected chi connectivity index (χ1v) is 4.06. The third-order valence-corrected chi connectivity index (χ3v) is 1.90. The van der Waals surface area contributed by atoms with Crippen molar-refractivity contribution in [1.82, 2.24) is 0 Å². The van der Waals surface area contributed by atoms with E-state index in [1.54, 1.807) is 0 Å². The number of hydrogen-bond acceptors (Lipinski definition) is 0. The molecule has 5 heteroatoms. The van der Waals surface area contributed by atoms with Gasteiger partial charge in [0.15, 0.2) is 0 Å². The Hall–Kier alpha value is 0.113. The van der Waals surface area contributed by atoms with E-state index in [0.29, 0.717) is 22.5 Å². The number of hydrogen-bond donors (Lipinski definition) is 0. The Bertz CT molecular complexity index is 241.